The summed E-state index contributed by atoms with van der Waals surface area (Å²) in [6.07, 6.45) is 5.30. The lowest BCUT2D eigenvalue weighted by molar-refractivity contribution is -0.113. The zero-order chi connectivity index (χ0) is 25.0. The number of amides is 1. The Morgan fingerprint density at radius 3 is 2.43 bits per heavy atom. The smallest absolute Gasteiger partial charge is 0.234 e. The number of hydrogen-bond donors (Lipinski definition) is 1. The molecule has 0 aliphatic heterocycles. The van der Waals surface area contributed by atoms with Crippen LogP contribution in [0.2, 0.25) is 0 Å². The Hall–Kier alpha value is -3.48. The summed E-state index contributed by atoms with van der Waals surface area (Å²) in [5.74, 6) is 1.08. The third kappa shape index (κ3) is 5.31. The van der Waals surface area contributed by atoms with Gasteiger partial charge < -0.3 is 5.32 Å². The van der Waals surface area contributed by atoms with Gasteiger partial charge in [0.05, 0.1) is 5.75 Å². The van der Waals surface area contributed by atoms with Crippen molar-refractivity contribution in [3.8, 4) is 11.1 Å². The molecular formula is C31H27N3OS2. The minimum atomic E-state index is -0.0335. The first-order chi connectivity index (χ1) is 18.2. The summed E-state index contributed by atoms with van der Waals surface area (Å²) in [4.78, 5) is 25.6. The lowest BCUT2D eigenvalue weighted by Crippen LogP contribution is -2.15. The first-order valence-corrected chi connectivity index (χ1v) is 14.5. The van der Waals surface area contributed by atoms with Crippen LogP contribution < -0.4 is 5.32 Å². The second-order valence-electron chi connectivity index (χ2n) is 9.25. The van der Waals surface area contributed by atoms with E-state index >= 15 is 0 Å². The molecule has 1 N–H and O–H groups in total. The minimum absolute atomic E-state index is 0.0335. The van der Waals surface area contributed by atoms with Crippen molar-refractivity contribution in [1.29, 1.82) is 0 Å². The van der Waals surface area contributed by atoms with Crippen molar-refractivity contribution in [2.24, 2.45) is 0 Å². The molecule has 6 rings (SSSR count). The van der Waals surface area contributed by atoms with E-state index in [1.165, 1.54) is 46.0 Å². The van der Waals surface area contributed by atoms with E-state index in [0.29, 0.717) is 12.2 Å². The van der Waals surface area contributed by atoms with E-state index < -0.39 is 0 Å². The van der Waals surface area contributed by atoms with Gasteiger partial charge in [0.1, 0.15) is 15.7 Å². The number of hydrogen-bond acceptors (Lipinski definition) is 5. The number of anilines is 1. The molecule has 0 saturated heterocycles. The number of nitrogens with zero attached hydrogens (tertiary/aromatic N) is 2. The van der Waals surface area contributed by atoms with E-state index in [-0.39, 0.29) is 5.91 Å². The van der Waals surface area contributed by atoms with Crippen LogP contribution in [0.4, 0.5) is 5.69 Å². The summed E-state index contributed by atoms with van der Waals surface area (Å²) in [6.45, 7) is 0. The van der Waals surface area contributed by atoms with Crippen LogP contribution in [0.25, 0.3) is 21.3 Å². The van der Waals surface area contributed by atoms with Crippen molar-refractivity contribution in [2.45, 2.75) is 37.1 Å². The van der Waals surface area contributed by atoms with Gasteiger partial charge in [-0.2, -0.15) is 0 Å². The van der Waals surface area contributed by atoms with Gasteiger partial charge >= 0.3 is 0 Å². The van der Waals surface area contributed by atoms with Gasteiger partial charge in [0.2, 0.25) is 5.91 Å². The summed E-state index contributed by atoms with van der Waals surface area (Å²) in [5.41, 5.74) is 5.51. The number of fused-ring (bicyclic) bond motifs is 3. The van der Waals surface area contributed by atoms with Gasteiger partial charge in [-0.1, -0.05) is 90.6 Å². The average molecular weight is 522 g/mol. The molecule has 1 amide bonds. The molecule has 2 aromatic heterocycles. The molecule has 4 nitrogen and oxygen atoms in total. The van der Waals surface area contributed by atoms with Gasteiger partial charge in [-0.15, -0.1) is 11.3 Å². The maximum absolute atomic E-state index is 13.1. The second kappa shape index (κ2) is 10.9. The normalized spacial score (nSPS) is 12.9. The molecular weight excluding hydrogens is 494 g/mol. The van der Waals surface area contributed by atoms with Crippen LogP contribution in [-0.4, -0.2) is 21.6 Å². The molecule has 0 unspecified atom stereocenters. The standard InChI is InChI=1S/C31H27N3OS2/c35-28(32-25-17-9-7-15-23(25)22-13-5-2-6-14-22)20-36-30-29-24-16-8-10-18-26(24)37-31(29)34-27(33-30)19-21-11-3-1-4-12-21/h1-7,9,11-15,17H,8,10,16,18-20H2,(H,32,35). The van der Waals surface area contributed by atoms with Crippen molar-refractivity contribution in [1.82, 2.24) is 9.97 Å². The van der Waals surface area contributed by atoms with Gasteiger partial charge in [0.25, 0.3) is 0 Å². The Morgan fingerprint density at radius 1 is 0.865 bits per heavy atom. The molecule has 184 valence electrons. The highest BCUT2D eigenvalue weighted by atomic mass is 32.2. The number of thioether (sulfide) groups is 1. The third-order valence-electron chi connectivity index (χ3n) is 6.66. The molecule has 0 bridgehead atoms. The number of thiophene rings is 1. The Balaban J connectivity index is 1.27. The molecule has 5 aromatic rings. The molecule has 1 aliphatic rings. The van der Waals surface area contributed by atoms with E-state index in [1.54, 1.807) is 0 Å². The monoisotopic (exact) mass is 521 g/mol. The van der Waals surface area contributed by atoms with E-state index in [0.717, 1.165) is 45.3 Å². The van der Waals surface area contributed by atoms with Crippen LogP contribution in [-0.2, 0) is 24.1 Å². The van der Waals surface area contributed by atoms with Crippen LogP contribution >= 0.6 is 23.1 Å². The number of nitrogens with one attached hydrogen (secondary N) is 1. The van der Waals surface area contributed by atoms with Crippen molar-refractivity contribution < 1.29 is 4.79 Å². The predicted molar refractivity (Wildman–Crippen MR) is 155 cm³/mol. The van der Waals surface area contributed by atoms with Gasteiger partial charge in [0.15, 0.2) is 0 Å². The highest BCUT2D eigenvalue weighted by molar-refractivity contribution is 8.00. The topological polar surface area (TPSA) is 54.9 Å². The number of rotatable bonds is 7. The fourth-order valence-electron chi connectivity index (χ4n) is 4.91. The Labute approximate surface area is 225 Å². The maximum Gasteiger partial charge on any atom is 0.234 e. The maximum atomic E-state index is 13.1. The van der Waals surface area contributed by atoms with Crippen LogP contribution in [0.1, 0.15) is 34.7 Å². The van der Waals surface area contributed by atoms with E-state index in [4.69, 9.17) is 9.97 Å². The summed E-state index contributed by atoms with van der Waals surface area (Å²) in [5, 5.41) is 5.24. The SMILES string of the molecule is O=C(CSc1nc(Cc2ccccc2)nc2sc3c(c12)CCCC3)Nc1ccccc1-c1ccccc1. The summed E-state index contributed by atoms with van der Waals surface area (Å²) >= 11 is 3.33. The lowest BCUT2D eigenvalue weighted by Gasteiger charge is -2.13. The molecule has 37 heavy (non-hydrogen) atoms. The quantitative estimate of drug-likeness (QED) is 0.177. The molecule has 6 heteroatoms. The van der Waals surface area contributed by atoms with E-state index in [1.807, 2.05) is 72.0 Å². The fraction of sp³-hybridized carbons (Fsp3) is 0.194. The van der Waals surface area contributed by atoms with E-state index in [2.05, 4.69) is 29.6 Å². The van der Waals surface area contributed by atoms with Crippen LogP contribution in [0.15, 0.2) is 90.0 Å². The average Bonchev–Trinajstić information content (AvgIpc) is 3.32. The number of aryl methyl sites for hydroxylation is 2. The molecule has 0 atom stereocenters. The van der Waals surface area contributed by atoms with Gasteiger partial charge in [-0.05, 0) is 48.4 Å². The molecule has 0 fully saturated rings. The summed E-state index contributed by atoms with van der Waals surface area (Å²) in [6, 6.07) is 28.4. The van der Waals surface area contributed by atoms with Gasteiger partial charge in [-0.25, -0.2) is 9.97 Å². The Bertz CT molecular complexity index is 1550. The van der Waals surface area contributed by atoms with Gasteiger partial charge in [-0.3, -0.25) is 4.79 Å². The number of benzene rings is 3. The second-order valence-corrected chi connectivity index (χ2v) is 11.3. The highest BCUT2D eigenvalue weighted by Crippen LogP contribution is 2.40. The first-order valence-electron chi connectivity index (χ1n) is 12.7. The van der Waals surface area contributed by atoms with Crippen LogP contribution in [0.3, 0.4) is 0 Å². The van der Waals surface area contributed by atoms with E-state index in [9.17, 15) is 4.79 Å². The largest absolute Gasteiger partial charge is 0.325 e. The highest BCUT2D eigenvalue weighted by Gasteiger charge is 2.22. The van der Waals surface area contributed by atoms with Gasteiger partial charge in [0, 0.05) is 27.9 Å². The predicted octanol–water partition coefficient (Wildman–Crippen LogP) is 7.56. The van der Waals surface area contributed by atoms with Crippen molar-refractivity contribution in [2.75, 3.05) is 11.1 Å². The zero-order valence-corrected chi connectivity index (χ0v) is 22.1. The molecule has 0 spiro atoms. The van der Waals surface area contributed by atoms with Crippen molar-refractivity contribution in [3.05, 3.63) is 107 Å². The molecule has 2 heterocycles. The fourth-order valence-corrected chi connectivity index (χ4v) is 7.13. The summed E-state index contributed by atoms with van der Waals surface area (Å²) < 4.78 is 0. The third-order valence-corrected chi connectivity index (χ3v) is 8.82. The summed E-state index contributed by atoms with van der Waals surface area (Å²) in [7, 11) is 0. The van der Waals surface area contributed by atoms with Crippen molar-refractivity contribution >= 4 is 44.9 Å². The minimum Gasteiger partial charge on any atom is -0.325 e. The number of carbonyl (C=O) groups excluding carboxylic acids is 1. The van der Waals surface area contributed by atoms with Crippen LogP contribution in [0, 0.1) is 0 Å². The number of aromatic nitrogens is 2. The van der Waals surface area contributed by atoms with Crippen molar-refractivity contribution in [3.63, 3.8) is 0 Å². The molecule has 1 aliphatic carbocycles. The lowest BCUT2D eigenvalue weighted by atomic mass is 9.97. The Kier molecular flexibility index (Phi) is 7.02. The Morgan fingerprint density at radius 2 is 1.59 bits per heavy atom. The van der Waals surface area contributed by atoms with Crippen LogP contribution in [0.5, 0.6) is 0 Å². The molecule has 0 radical (unpaired) electrons. The number of para-hydroxylation sites is 1. The molecule has 0 saturated carbocycles. The molecule has 3 aromatic carbocycles. The first kappa shape index (κ1) is 23.9. The number of carbonyl (C=O) groups is 1. The zero-order valence-electron chi connectivity index (χ0n) is 20.4.